The van der Waals surface area contributed by atoms with Crippen LogP contribution in [-0.2, 0) is 24.5 Å². The number of carbonyl (C=O) groups is 2. The molecule has 10 heteroatoms. The van der Waals surface area contributed by atoms with Crippen LogP contribution in [0.5, 0.6) is 0 Å². The fourth-order valence-electron chi connectivity index (χ4n) is 2.66. The predicted molar refractivity (Wildman–Crippen MR) is 125 cm³/mol. The minimum Gasteiger partial charge on any atom is -0.303 e. The summed E-state index contributed by atoms with van der Waals surface area (Å²) in [6.45, 7) is 12.1. The quantitative estimate of drug-likeness (QED) is 0.691. The molecule has 1 heterocycles. The Kier molecular flexibility index (Phi) is 7.29. The number of amides is 2. The SMILES string of the molecule is CCS(=O)(=O)NCC1(c2ccccc2)SC(NC(=O)C(C)(C)C)=NN1C(=O)C(C)(C)C. The van der Waals surface area contributed by atoms with Crippen molar-refractivity contribution in [2.75, 3.05) is 12.3 Å². The lowest BCUT2D eigenvalue weighted by molar-refractivity contribution is -0.143. The second kappa shape index (κ2) is 8.91. The van der Waals surface area contributed by atoms with Crippen molar-refractivity contribution in [2.24, 2.45) is 15.9 Å². The molecule has 2 amide bonds. The monoisotopic (exact) mass is 468 g/mol. The molecule has 31 heavy (non-hydrogen) atoms. The van der Waals surface area contributed by atoms with E-state index in [9.17, 15) is 18.0 Å². The highest BCUT2D eigenvalue weighted by Gasteiger charge is 2.51. The van der Waals surface area contributed by atoms with Crippen LogP contribution in [0.25, 0.3) is 0 Å². The summed E-state index contributed by atoms with van der Waals surface area (Å²) >= 11 is 1.16. The van der Waals surface area contributed by atoms with E-state index < -0.39 is 25.7 Å². The van der Waals surface area contributed by atoms with Gasteiger partial charge in [-0.05, 0) is 24.2 Å². The smallest absolute Gasteiger partial charge is 0.249 e. The van der Waals surface area contributed by atoms with Crippen LogP contribution in [0.3, 0.4) is 0 Å². The van der Waals surface area contributed by atoms with Crippen molar-refractivity contribution in [3.8, 4) is 0 Å². The van der Waals surface area contributed by atoms with Crippen LogP contribution >= 0.6 is 11.8 Å². The molecule has 172 valence electrons. The molecule has 0 spiro atoms. The lowest BCUT2D eigenvalue weighted by Crippen LogP contribution is -2.52. The van der Waals surface area contributed by atoms with Gasteiger partial charge in [-0.3, -0.25) is 9.59 Å². The van der Waals surface area contributed by atoms with E-state index in [4.69, 9.17) is 0 Å². The van der Waals surface area contributed by atoms with Gasteiger partial charge in [-0.25, -0.2) is 18.1 Å². The van der Waals surface area contributed by atoms with Gasteiger partial charge in [0.05, 0.1) is 12.3 Å². The zero-order chi connectivity index (χ0) is 23.7. The molecule has 0 aliphatic carbocycles. The standard InChI is InChI=1S/C21H32N4O4S2/c1-8-31(28,29)22-14-21(15-12-10-9-11-13-15)25(17(27)20(5,6)7)24-18(30-21)23-16(26)19(2,3)4/h9-13,22H,8,14H2,1-7H3,(H,23,24,26). The number of hydrogen-bond donors (Lipinski definition) is 2. The molecule has 1 atom stereocenters. The summed E-state index contributed by atoms with van der Waals surface area (Å²) in [6.07, 6.45) is 0. The Morgan fingerprint density at radius 3 is 2.13 bits per heavy atom. The van der Waals surface area contributed by atoms with Crippen molar-refractivity contribution >= 4 is 38.8 Å². The Balaban J connectivity index is 2.59. The van der Waals surface area contributed by atoms with Crippen LogP contribution in [0.4, 0.5) is 0 Å². The maximum Gasteiger partial charge on any atom is 0.249 e. The van der Waals surface area contributed by atoms with E-state index in [0.717, 1.165) is 11.8 Å². The van der Waals surface area contributed by atoms with Crippen molar-refractivity contribution < 1.29 is 18.0 Å². The Labute approximate surface area is 189 Å². The Morgan fingerprint density at radius 2 is 1.65 bits per heavy atom. The van der Waals surface area contributed by atoms with Crippen LogP contribution < -0.4 is 10.0 Å². The molecule has 1 aliphatic heterocycles. The van der Waals surface area contributed by atoms with Crippen molar-refractivity contribution in [3.05, 3.63) is 35.9 Å². The molecule has 1 unspecified atom stereocenters. The third-order valence-corrected chi connectivity index (χ3v) is 7.28. The van der Waals surface area contributed by atoms with E-state index in [1.165, 1.54) is 5.01 Å². The maximum absolute atomic E-state index is 13.4. The Hall–Kier alpha value is -1.91. The molecular weight excluding hydrogens is 436 g/mol. The molecule has 0 saturated carbocycles. The van der Waals surface area contributed by atoms with E-state index in [2.05, 4.69) is 15.1 Å². The molecule has 0 saturated heterocycles. The first-order valence-electron chi connectivity index (χ1n) is 10.1. The van der Waals surface area contributed by atoms with Gasteiger partial charge in [0, 0.05) is 10.8 Å². The Bertz CT molecular complexity index is 963. The van der Waals surface area contributed by atoms with E-state index in [1.807, 2.05) is 30.3 Å². The van der Waals surface area contributed by atoms with Crippen molar-refractivity contribution in [1.29, 1.82) is 0 Å². The number of sulfonamides is 1. The fraction of sp³-hybridized carbons (Fsp3) is 0.571. The minimum atomic E-state index is -3.54. The van der Waals surface area contributed by atoms with Gasteiger partial charge in [-0.15, -0.1) is 5.10 Å². The third kappa shape index (κ3) is 5.87. The average Bonchev–Trinajstić information content (AvgIpc) is 3.04. The number of nitrogens with one attached hydrogen (secondary N) is 2. The number of amidine groups is 1. The van der Waals surface area contributed by atoms with Crippen molar-refractivity contribution in [3.63, 3.8) is 0 Å². The molecule has 0 fully saturated rings. The average molecular weight is 469 g/mol. The molecule has 2 N–H and O–H groups in total. The summed E-state index contributed by atoms with van der Waals surface area (Å²) in [6, 6.07) is 9.11. The van der Waals surface area contributed by atoms with E-state index in [0.29, 0.717) is 5.56 Å². The van der Waals surface area contributed by atoms with Gasteiger partial charge in [0.25, 0.3) is 0 Å². The second-order valence-corrected chi connectivity index (χ2v) is 12.8. The highest BCUT2D eigenvalue weighted by Crippen LogP contribution is 2.46. The summed E-state index contributed by atoms with van der Waals surface area (Å²) in [5, 5.41) is 8.81. The zero-order valence-electron chi connectivity index (χ0n) is 19.1. The van der Waals surface area contributed by atoms with Crippen LogP contribution in [0.1, 0.15) is 54.0 Å². The van der Waals surface area contributed by atoms with Gasteiger partial charge >= 0.3 is 0 Å². The molecule has 0 bridgehead atoms. The minimum absolute atomic E-state index is 0.0930. The third-order valence-electron chi connectivity index (χ3n) is 4.67. The van der Waals surface area contributed by atoms with Crippen LogP contribution in [0.2, 0.25) is 0 Å². The van der Waals surface area contributed by atoms with E-state index in [1.54, 1.807) is 48.5 Å². The largest absolute Gasteiger partial charge is 0.303 e. The van der Waals surface area contributed by atoms with Crippen LogP contribution in [0, 0.1) is 10.8 Å². The predicted octanol–water partition coefficient (Wildman–Crippen LogP) is 2.83. The lowest BCUT2D eigenvalue weighted by atomic mass is 9.93. The first kappa shape index (κ1) is 25.4. The highest BCUT2D eigenvalue weighted by molar-refractivity contribution is 8.14. The summed E-state index contributed by atoms with van der Waals surface area (Å²) in [4.78, 5) is 24.8. The number of carbonyl (C=O) groups excluding carboxylic acids is 2. The first-order valence-corrected chi connectivity index (χ1v) is 12.6. The van der Waals surface area contributed by atoms with Crippen molar-refractivity contribution in [1.82, 2.24) is 15.0 Å². The van der Waals surface area contributed by atoms with Gasteiger partial charge in [0.15, 0.2) is 10.0 Å². The van der Waals surface area contributed by atoms with Gasteiger partial charge in [0.1, 0.15) is 0 Å². The number of thioether (sulfide) groups is 1. The summed E-state index contributed by atoms with van der Waals surface area (Å²) < 4.78 is 27.1. The normalized spacial score (nSPS) is 19.8. The van der Waals surface area contributed by atoms with Crippen LogP contribution in [0.15, 0.2) is 35.4 Å². The molecule has 0 radical (unpaired) electrons. The summed E-state index contributed by atoms with van der Waals surface area (Å²) in [7, 11) is -3.54. The molecule has 0 aromatic heterocycles. The number of hydrogen-bond acceptors (Lipinski definition) is 6. The summed E-state index contributed by atoms with van der Waals surface area (Å²) in [5.41, 5.74) is -0.749. The number of benzene rings is 1. The van der Waals surface area contributed by atoms with Gasteiger partial charge < -0.3 is 5.32 Å². The van der Waals surface area contributed by atoms with E-state index >= 15 is 0 Å². The molecule has 1 aliphatic rings. The van der Waals surface area contributed by atoms with Crippen LogP contribution in [-0.4, -0.2) is 42.7 Å². The fourth-order valence-corrected chi connectivity index (χ4v) is 4.58. The molecule has 1 aromatic carbocycles. The van der Waals surface area contributed by atoms with E-state index in [-0.39, 0.29) is 29.3 Å². The summed E-state index contributed by atoms with van der Waals surface area (Å²) in [5.74, 6) is -0.635. The molecule has 8 nitrogen and oxygen atoms in total. The second-order valence-electron chi connectivity index (χ2n) is 9.45. The highest BCUT2D eigenvalue weighted by atomic mass is 32.2. The number of nitrogens with zero attached hydrogens (tertiary/aromatic N) is 2. The molecule has 2 rings (SSSR count). The zero-order valence-corrected chi connectivity index (χ0v) is 20.8. The number of hydrazone groups is 1. The molecular formula is C21H32N4O4S2. The van der Waals surface area contributed by atoms with Gasteiger partial charge in [-0.2, -0.15) is 0 Å². The number of rotatable bonds is 5. The first-order chi connectivity index (χ1) is 14.1. The topological polar surface area (TPSA) is 108 Å². The van der Waals surface area contributed by atoms with Crippen molar-refractivity contribution in [2.45, 2.75) is 53.3 Å². The maximum atomic E-state index is 13.4. The lowest BCUT2D eigenvalue weighted by Gasteiger charge is -2.38. The Morgan fingerprint density at radius 1 is 1.06 bits per heavy atom. The van der Waals surface area contributed by atoms with Gasteiger partial charge in [0.2, 0.25) is 21.8 Å². The molecule has 1 aromatic rings. The van der Waals surface area contributed by atoms with Gasteiger partial charge in [-0.1, -0.05) is 71.9 Å².